The molecule has 1 aliphatic heterocycles. The normalized spacial score (nSPS) is 13.2. The molecule has 6 heteroatoms. The van der Waals surface area contributed by atoms with E-state index in [1.807, 2.05) is 18.5 Å². The first-order valence-electron chi connectivity index (χ1n) is 22.6. The molecule has 0 aliphatic carbocycles. The van der Waals surface area contributed by atoms with Crippen LogP contribution in [0.15, 0.2) is 128 Å². The molecule has 0 spiro atoms. The van der Waals surface area contributed by atoms with E-state index in [1.165, 1.54) is 55.6 Å². The fourth-order valence-corrected chi connectivity index (χ4v) is 9.47. The van der Waals surface area contributed by atoms with Crippen LogP contribution >= 0.6 is 0 Å². The Hall–Kier alpha value is -6.40. The summed E-state index contributed by atoms with van der Waals surface area (Å²) >= 11 is 0. The van der Waals surface area contributed by atoms with Crippen LogP contribution in [0.5, 0.6) is 11.5 Å². The Morgan fingerprint density at radius 2 is 1.24 bits per heavy atom. The van der Waals surface area contributed by atoms with Crippen LogP contribution < -0.4 is 14.5 Å². The molecule has 1 aliphatic rings. The third kappa shape index (κ3) is 7.64. The summed E-state index contributed by atoms with van der Waals surface area (Å²) in [5.74, 6) is 3.95. The molecule has 0 saturated heterocycles. The molecule has 0 radical (unpaired) electrons. The molecule has 0 bridgehead atoms. The van der Waals surface area contributed by atoms with Crippen LogP contribution in [0.3, 0.4) is 0 Å². The van der Waals surface area contributed by atoms with Gasteiger partial charge >= 0.3 is 0 Å². The van der Waals surface area contributed by atoms with Crippen molar-refractivity contribution in [1.82, 2.24) is 14.5 Å². The zero-order valence-corrected chi connectivity index (χ0v) is 39.1. The lowest BCUT2D eigenvalue weighted by Gasteiger charge is -2.30. The van der Waals surface area contributed by atoms with Gasteiger partial charge in [-0.2, -0.15) is 0 Å². The fourth-order valence-electron chi connectivity index (χ4n) is 9.47. The van der Waals surface area contributed by atoms with Crippen LogP contribution in [0.1, 0.15) is 114 Å². The number of para-hydroxylation sites is 1. The molecule has 0 atom stereocenters. The summed E-state index contributed by atoms with van der Waals surface area (Å²) in [4.78, 5) is 14.7. The summed E-state index contributed by atoms with van der Waals surface area (Å²) in [6.07, 6.45) is 3.82. The summed E-state index contributed by atoms with van der Waals surface area (Å²) in [7, 11) is 0. The number of pyridine rings is 2. The maximum absolute atomic E-state index is 6.76. The molecule has 0 fully saturated rings. The molecule has 4 heterocycles. The molecule has 9 rings (SSSR count). The highest BCUT2D eigenvalue weighted by molar-refractivity contribution is 6.09. The number of aryl methyl sites for hydroxylation is 2. The summed E-state index contributed by atoms with van der Waals surface area (Å²) in [6, 6.07) is 41.7. The first-order chi connectivity index (χ1) is 30.0. The second kappa shape index (κ2) is 15.7. The third-order valence-electron chi connectivity index (χ3n) is 12.8. The first-order valence-corrected chi connectivity index (χ1v) is 22.6. The van der Waals surface area contributed by atoms with Gasteiger partial charge in [-0.3, -0.25) is 4.57 Å². The Labute approximate surface area is 374 Å². The SMILES string of the molecule is Cc1cc(C(C)(C)C)cc(C)c1-c1cc(C(C)C)c(N2CN(c3cccc(Oc4ccc5c6ccccc6n(-c6cc(C(C)(C)C)ccn6)c5c4)c3)c3ncccc32)c(C(C)C)c1. The van der Waals surface area contributed by atoms with Crippen LogP contribution in [0, 0.1) is 13.8 Å². The standard InChI is InChI=1S/C57H61N5O/c1-35(2)47-29-39(53-37(5)27-41(28-38(53)6)57(10,11)12)30-48(36(3)4)54(47)61-34-60(55-50(61)21-16-25-59-55)42-17-15-18-43(32-42)63-44-22-23-46-45-19-13-14-20-49(45)62(51(46)33-44)52-31-40(24-26-58-52)56(7,8)9/h13-33,35-36H,34H2,1-12H3. The molecule has 5 aromatic carbocycles. The van der Waals surface area contributed by atoms with Crippen molar-refractivity contribution in [2.45, 2.75) is 106 Å². The lowest BCUT2D eigenvalue weighted by Crippen LogP contribution is -2.26. The van der Waals surface area contributed by atoms with E-state index in [4.69, 9.17) is 14.7 Å². The quantitative estimate of drug-likeness (QED) is 0.153. The van der Waals surface area contributed by atoms with E-state index in [2.05, 4.69) is 207 Å². The monoisotopic (exact) mass is 831 g/mol. The summed E-state index contributed by atoms with van der Waals surface area (Å²) in [5, 5.41) is 2.34. The van der Waals surface area contributed by atoms with E-state index in [0.717, 1.165) is 50.9 Å². The highest BCUT2D eigenvalue weighted by Crippen LogP contribution is 2.49. The van der Waals surface area contributed by atoms with Crippen LogP contribution in [-0.2, 0) is 10.8 Å². The molecule has 0 N–H and O–H groups in total. The van der Waals surface area contributed by atoms with Gasteiger partial charge in [0.2, 0.25) is 0 Å². The number of ether oxygens (including phenoxy) is 1. The number of benzene rings is 5. The number of hydrogen-bond donors (Lipinski definition) is 0. The minimum Gasteiger partial charge on any atom is -0.457 e. The van der Waals surface area contributed by atoms with Crippen molar-refractivity contribution in [3.8, 4) is 28.4 Å². The molecule has 0 saturated carbocycles. The molecular weight excluding hydrogens is 771 g/mol. The van der Waals surface area contributed by atoms with Crippen LogP contribution in [-0.4, -0.2) is 21.2 Å². The third-order valence-corrected chi connectivity index (χ3v) is 12.8. The minimum atomic E-state index is -0.00598. The number of anilines is 4. The number of fused-ring (bicyclic) bond motifs is 4. The van der Waals surface area contributed by atoms with E-state index < -0.39 is 0 Å². The topological polar surface area (TPSA) is 46.4 Å². The van der Waals surface area contributed by atoms with Crippen LogP contribution in [0.2, 0.25) is 0 Å². The van der Waals surface area contributed by atoms with Crippen molar-refractivity contribution in [1.29, 1.82) is 0 Å². The van der Waals surface area contributed by atoms with Crippen molar-refractivity contribution in [3.63, 3.8) is 0 Å². The lowest BCUT2D eigenvalue weighted by atomic mass is 9.81. The van der Waals surface area contributed by atoms with Gasteiger partial charge in [-0.15, -0.1) is 0 Å². The average Bonchev–Trinajstić information content (AvgIpc) is 3.78. The largest absolute Gasteiger partial charge is 0.457 e. The van der Waals surface area contributed by atoms with Gasteiger partial charge < -0.3 is 14.5 Å². The van der Waals surface area contributed by atoms with E-state index in [1.54, 1.807) is 0 Å². The summed E-state index contributed by atoms with van der Waals surface area (Å²) < 4.78 is 9.02. The van der Waals surface area contributed by atoms with Gasteiger partial charge in [0.15, 0.2) is 5.82 Å². The van der Waals surface area contributed by atoms with E-state index in [0.29, 0.717) is 18.5 Å². The van der Waals surface area contributed by atoms with Crippen molar-refractivity contribution in [3.05, 3.63) is 161 Å². The van der Waals surface area contributed by atoms with Crippen molar-refractivity contribution in [2.24, 2.45) is 0 Å². The Balaban J connectivity index is 1.09. The molecule has 3 aromatic heterocycles. The average molecular weight is 832 g/mol. The maximum Gasteiger partial charge on any atom is 0.158 e. The predicted octanol–water partition coefficient (Wildman–Crippen LogP) is 15.7. The maximum atomic E-state index is 6.76. The molecule has 0 amide bonds. The number of aromatic nitrogens is 3. The van der Waals surface area contributed by atoms with Gasteiger partial charge in [-0.25, -0.2) is 9.97 Å². The number of rotatable bonds is 8. The summed E-state index contributed by atoms with van der Waals surface area (Å²) in [6.45, 7) is 28.1. The highest BCUT2D eigenvalue weighted by Gasteiger charge is 2.33. The molecule has 8 aromatic rings. The van der Waals surface area contributed by atoms with Crippen molar-refractivity contribution in [2.75, 3.05) is 16.5 Å². The van der Waals surface area contributed by atoms with Gasteiger partial charge in [-0.1, -0.05) is 106 Å². The zero-order chi connectivity index (χ0) is 44.5. The minimum absolute atomic E-state index is 0.00598. The molecule has 63 heavy (non-hydrogen) atoms. The smallest absolute Gasteiger partial charge is 0.158 e. The summed E-state index contributed by atoms with van der Waals surface area (Å²) in [5.41, 5.74) is 16.2. The highest BCUT2D eigenvalue weighted by atomic mass is 16.5. The van der Waals surface area contributed by atoms with E-state index >= 15 is 0 Å². The van der Waals surface area contributed by atoms with Crippen LogP contribution in [0.4, 0.5) is 22.9 Å². The number of hydrogen-bond acceptors (Lipinski definition) is 5. The van der Waals surface area contributed by atoms with Gasteiger partial charge in [0.05, 0.1) is 16.7 Å². The van der Waals surface area contributed by atoms with Gasteiger partial charge in [0, 0.05) is 46.7 Å². The predicted molar refractivity (Wildman–Crippen MR) is 265 cm³/mol. The number of nitrogens with zero attached hydrogens (tertiary/aromatic N) is 5. The Kier molecular flexibility index (Phi) is 10.5. The van der Waals surface area contributed by atoms with Gasteiger partial charge in [-0.05, 0) is 148 Å². The lowest BCUT2D eigenvalue weighted by molar-refractivity contribution is 0.483. The van der Waals surface area contributed by atoms with Crippen LogP contribution in [0.25, 0.3) is 38.8 Å². The molecule has 6 nitrogen and oxygen atoms in total. The Morgan fingerprint density at radius 1 is 0.571 bits per heavy atom. The van der Waals surface area contributed by atoms with E-state index in [9.17, 15) is 0 Å². The second-order valence-electron chi connectivity index (χ2n) is 20.2. The van der Waals surface area contributed by atoms with E-state index in [-0.39, 0.29) is 10.8 Å². The molecular formula is C57H61N5O. The van der Waals surface area contributed by atoms with Crippen molar-refractivity contribution >= 4 is 44.7 Å². The fraction of sp³-hybridized carbons (Fsp3) is 0.298. The van der Waals surface area contributed by atoms with Gasteiger partial charge in [0.1, 0.15) is 24.0 Å². The Bertz CT molecular complexity index is 2980. The second-order valence-corrected chi connectivity index (χ2v) is 20.2. The molecule has 0 unspecified atom stereocenters. The molecule has 320 valence electrons. The zero-order valence-electron chi connectivity index (χ0n) is 39.1. The first kappa shape index (κ1) is 41.9. The Morgan fingerprint density at radius 3 is 1.92 bits per heavy atom. The van der Waals surface area contributed by atoms with Crippen molar-refractivity contribution < 1.29 is 4.74 Å². The van der Waals surface area contributed by atoms with Gasteiger partial charge in [0.25, 0.3) is 0 Å².